The van der Waals surface area contributed by atoms with E-state index >= 15 is 0 Å². The topological polar surface area (TPSA) is 43.4 Å². The van der Waals surface area contributed by atoms with Gasteiger partial charge in [-0.1, -0.05) is 0 Å². The average molecular weight is 268 g/mol. The number of halogens is 5. The van der Waals surface area contributed by atoms with Gasteiger partial charge in [0.15, 0.2) is 5.82 Å². The molecule has 0 saturated heterocycles. The summed E-state index contributed by atoms with van der Waals surface area (Å²) in [5.74, 6) is -3.24. The number of rotatable bonds is 2. The van der Waals surface area contributed by atoms with Gasteiger partial charge in [-0.25, -0.2) is 8.78 Å². The summed E-state index contributed by atoms with van der Waals surface area (Å²) in [6.07, 6.45) is -7.04. The highest BCUT2D eigenvalue weighted by Gasteiger charge is 2.36. The van der Waals surface area contributed by atoms with Crippen molar-refractivity contribution < 1.29 is 31.9 Å². The van der Waals surface area contributed by atoms with Crippen LogP contribution in [0.3, 0.4) is 0 Å². The molecule has 0 saturated carbocycles. The molecule has 0 heterocycles. The molecule has 1 aromatic carbocycles. The molecule has 0 bridgehead atoms. The second kappa shape index (κ2) is 4.79. The van der Waals surface area contributed by atoms with Gasteiger partial charge in [0, 0.05) is 12.6 Å². The summed E-state index contributed by atoms with van der Waals surface area (Å²) < 4.78 is 63.7. The summed E-state index contributed by atoms with van der Waals surface area (Å²) in [6.45, 7) is 0.868. The Kier molecular flexibility index (Phi) is 3.78. The molecule has 8 heteroatoms. The van der Waals surface area contributed by atoms with Crippen molar-refractivity contribution in [1.29, 1.82) is 0 Å². The highest BCUT2D eigenvalue weighted by Crippen LogP contribution is 2.35. The molecule has 0 fully saturated rings. The van der Waals surface area contributed by atoms with E-state index in [9.17, 15) is 31.9 Å². The Bertz CT molecular complexity index is 472. The van der Waals surface area contributed by atoms with E-state index < -0.39 is 35.2 Å². The van der Waals surface area contributed by atoms with Gasteiger partial charge in [-0.05, 0) is 13.0 Å². The van der Waals surface area contributed by atoms with Crippen LogP contribution in [0.15, 0.2) is 12.1 Å². The van der Waals surface area contributed by atoms with Crippen molar-refractivity contribution in [2.75, 3.05) is 11.4 Å². The molecule has 1 aromatic rings. The second-order valence-electron chi connectivity index (χ2n) is 3.29. The maximum Gasteiger partial charge on any atom is 0.419 e. The third-order valence-corrected chi connectivity index (χ3v) is 2.15. The minimum Gasteiger partial charge on any atom is -0.530 e. The van der Waals surface area contributed by atoms with Crippen LogP contribution in [0, 0.1) is 11.6 Å². The molecule has 0 spiro atoms. The van der Waals surface area contributed by atoms with Crippen LogP contribution in [0.4, 0.5) is 32.4 Å². The maximum absolute atomic E-state index is 13.5. The zero-order valence-electron chi connectivity index (χ0n) is 9.02. The molecule has 0 aromatic heterocycles. The lowest BCUT2D eigenvalue weighted by Crippen LogP contribution is -2.42. The zero-order valence-corrected chi connectivity index (χ0v) is 9.02. The highest BCUT2D eigenvalue weighted by molar-refractivity contribution is 5.84. The van der Waals surface area contributed by atoms with E-state index in [0.717, 1.165) is 0 Å². The predicted molar refractivity (Wildman–Crippen MR) is 49.8 cm³/mol. The third-order valence-electron chi connectivity index (χ3n) is 2.15. The smallest absolute Gasteiger partial charge is 0.419 e. The number of carbonyl (C=O) groups excluding carboxylic acids is 1. The van der Waals surface area contributed by atoms with Gasteiger partial charge < -0.3 is 14.8 Å². The number of nitrogens with zero attached hydrogens (tertiary/aromatic N) is 1. The van der Waals surface area contributed by atoms with Crippen molar-refractivity contribution in [3.8, 4) is 0 Å². The first-order valence-corrected chi connectivity index (χ1v) is 4.73. The Labute approximate surface area is 98.4 Å². The van der Waals surface area contributed by atoms with E-state index in [1.54, 1.807) is 0 Å². The number of carbonyl (C=O) groups is 1. The first kappa shape index (κ1) is 14.2. The predicted octanol–water partition coefficient (Wildman–Crippen LogP) is 2.15. The monoisotopic (exact) mass is 268 g/mol. The average Bonchev–Trinajstić information content (AvgIpc) is 2.21. The molecule has 1 rings (SSSR count). The van der Waals surface area contributed by atoms with Gasteiger partial charge in [0.25, 0.3) is 0 Å². The third kappa shape index (κ3) is 2.69. The van der Waals surface area contributed by atoms with Crippen molar-refractivity contribution in [3.05, 3.63) is 29.3 Å². The Morgan fingerprint density at radius 3 is 2.28 bits per heavy atom. The number of anilines is 1. The summed E-state index contributed by atoms with van der Waals surface area (Å²) in [4.78, 5) is 10.8. The second-order valence-corrected chi connectivity index (χ2v) is 3.29. The van der Waals surface area contributed by atoms with E-state index in [1.165, 1.54) is 6.92 Å². The Morgan fingerprint density at radius 1 is 1.33 bits per heavy atom. The molecular weight excluding hydrogens is 261 g/mol. The molecule has 0 N–H and O–H groups in total. The molecule has 0 radical (unpaired) electrons. The molecule has 3 nitrogen and oxygen atoms in total. The van der Waals surface area contributed by atoms with Crippen molar-refractivity contribution in [2.45, 2.75) is 13.1 Å². The van der Waals surface area contributed by atoms with Crippen LogP contribution in [0.25, 0.3) is 0 Å². The van der Waals surface area contributed by atoms with Gasteiger partial charge in [0.05, 0.1) is 11.3 Å². The molecule has 0 aliphatic carbocycles. The van der Waals surface area contributed by atoms with E-state index in [4.69, 9.17) is 0 Å². The van der Waals surface area contributed by atoms with Crippen LogP contribution in [0.2, 0.25) is 0 Å². The van der Waals surface area contributed by atoms with Gasteiger partial charge in [0.2, 0.25) is 0 Å². The highest BCUT2D eigenvalue weighted by atomic mass is 19.4. The summed E-state index contributed by atoms with van der Waals surface area (Å²) in [6, 6.07) is 0.325. The van der Waals surface area contributed by atoms with Crippen molar-refractivity contribution in [3.63, 3.8) is 0 Å². The first-order valence-electron chi connectivity index (χ1n) is 4.73. The fourth-order valence-electron chi connectivity index (χ4n) is 1.38. The summed E-state index contributed by atoms with van der Waals surface area (Å²) in [5.41, 5.74) is -2.89. The number of hydrogen-bond donors (Lipinski definition) is 0. The maximum atomic E-state index is 13.5. The summed E-state index contributed by atoms with van der Waals surface area (Å²) in [7, 11) is 0. The normalized spacial score (nSPS) is 11.4. The quantitative estimate of drug-likeness (QED) is 0.771. The fraction of sp³-hybridized carbons (Fsp3) is 0.300. The van der Waals surface area contributed by atoms with Crippen molar-refractivity contribution in [1.82, 2.24) is 0 Å². The van der Waals surface area contributed by atoms with Gasteiger partial charge >= 0.3 is 6.18 Å². The van der Waals surface area contributed by atoms with Crippen LogP contribution in [0.1, 0.15) is 12.5 Å². The first-order chi connectivity index (χ1) is 8.18. The minimum absolute atomic E-state index is 0.0397. The van der Waals surface area contributed by atoms with Gasteiger partial charge in [-0.2, -0.15) is 13.2 Å². The summed E-state index contributed by atoms with van der Waals surface area (Å²) >= 11 is 0. The van der Waals surface area contributed by atoms with E-state index in [1.807, 2.05) is 0 Å². The van der Waals surface area contributed by atoms with Gasteiger partial charge in [-0.15, -0.1) is 0 Å². The van der Waals surface area contributed by atoms with Crippen LogP contribution in [0.5, 0.6) is 0 Å². The molecule has 0 aliphatic heterocycles. The molecule has 18 heavy (non-hydrogen) atoms. The number of carboxylic acid groups (broad SMARTS) is 1. The summed E-state index contributed by atoms with van der Waals surface area (Å²) in [5, 5.41) is 10.6. The Hall–Kier alpha value is -1.86. The standard InChI is InChI=1S/C10H8F5NO2/c1-2-16(9(17)18)7-4-5(11)3-6(8(7)12)10(13,14)15/h3-4H,2H2,1H3,(H,17,18)/p-1. The molecular formula is C10H7F5NO2-. The number of benzene rings is 1. The number of alkyl halides is 3. The molecule has 0 aliphatic rings. The number of amides is 1. The minimum atomic E-state index is -5.12. The number of hydrogen-bond acceptors (Lipinski definition) is 2. The van der Waals surface area contributed by atoms with Gasteiger partial charge in [0.1, 0.15) is 11.9 Å². The van der Waals surface area contributed by atoms with E-state index in [2.05, 4.69) is 0 Å². The zero-order chi connectivity index (χ0) is 14.1. The van der Waals surface area contributed by atoms with Gasteiger partial charge in [-0.3, -0.25) is 0 Å². The van der Waals surface area contributed by atoms with Crippen molar-refractivity contribution in [2.24, 2.45) is 0 Å². The van der Waals surface area contributed by atoms with Crippen LogP contribution in [-0.4, -0.2) is 12.6 Å². The lowest BCUT2D eigenvalue weighted by Gasteiger charge is -2.25. The van der Waals surface area contributed by atoms with E-state index in [-0.39, 0.29) is 17.5 Å². The van der Waals surface area contributed by atoms with Crippen molar-refractivity contribution >= 4 is 11.8 Å². The molecule has 100 valence electrons. The largest absolute Gasteiger partial charge is 0.530 e. The van der Waals surface area contributed by atoms with Crippen LogP contribution < -0.4 is 10.0 Å². The van der Waals surface area contributed by atoms with Crippen LogP contribution in [-0.2, 0) is 6.18 Å². The molecule has 0 atom stereocenters. The Balaban J connectivity index is 3.46. The SMILES string of the molecule is CCN(C(=O)[O-])c1cc(F)cc(C(F)(F)F)c1F. The van der Waals surface area contributed by atoms with E-state index in [0.29, 0.717) is 6.07 Å². The fourth-order valence-corrected chi connectivity index (χ4v) is 1.38. The lowest BCUT2D eigenvalue weighted by atomic mass is 10.1. The lowest BCUT2D eigenvalue weighted by molar-refractivity contribution is -0.246. The molecule has 1 amide bonds. The Morgan fingerprint density at radius 2 is 1.89 bits per heavy atom. The van der Waals surface area contributed by atoms with Crippen LogP contribution >= 0.6 is 0 Å². The molecule has 0 unspecified atom stereocenters.